The normalized spacial score (nSPS) is 11.0. The topological polar surface area (TPSA) is 42.3 Å². The minimum atomic E-state index is -2.48. The maximum atomic E-state index is 13.1. The van der Waals surface area contributed by atoms with Crippen molar-refractivity contribution in [3.63, 3.8) is 0 Å². The maximum absolute atomic E-state index is 13.1. The average Bonchev–Trinajstić information content (AvgIpc) is 2.98. The van der Waals surface area contributed by atoms with E-state index < -0.39 is 8.41 Å². The van der Waals surface area contributed by atoms with E-state index in [1.807, 2.05) is 24.3 Å². The molecule has 0 radical (unpaired) electrons. The molecular weight excluding hydrogens is 568 g/mol. The maximum Gasteiger partial charge on any atom is 4.00 e. The quantitative estimate of drug-likeness (QED) is 0.167. The zero-order chi connectivity index (χ0) is 24.5. The van der Waals surface area contributed by atoms with E-state index in [1.165, 1.54) is 0 Å². The Morgan fingerprint density at radius 1 is 0.548 bits per heavy atom. The average molecular weight is 620 g/mol. The summed E-state index contributed by atoms with van der Waals surface area (Å²) in [6, 6.07) is 10.5. The zero-order valence-corrected chi connectivity index (χ0v) is 27.6. The first-order chi connectivity index (χ1) is 13.5. The first-order valence-corrected chi connectivity index (χ1v) is 14.4. The zero-order valence-electron chi connectivity index (χ0n) is 23.0. The Labute approximate surface area is 215 Å². The van der Waals surface area contributed by atoms with Crippen molar-refractivity contribution in [2.24, 2.45) is 0 Å². The molecule has 31 heavy (non-hydrogen) atoms. The molecular formula is C25H52FHfN3Si. The summed E-state index contributed by atoms with van der Waals surface area (Å²) >= 11 is 0. The van der Waals surface area contributed by atoms with Crippen LogP contribution in [0.1, 0.15) is 83.1 Å². The molecule has 1 aromatic carbocycles. The van der Waals surface area contributed by atoms with Crippen LogP contribution in [-0.4, -0.2) is 44.7 Å². The fraction of sp³-hybridized carbons (Fsp3) is 0.800. The van der Waals surface area contributed by atoms with Gasteiger partial charge >= 0.3 is 25.8 Å². The predicted molar refractivity (Wildman–Crippen MR) is 141 cm³/mol. The molecule has 0 saturated carbocycles. The van der Waals surface area contributed by atoms with Crippen LogP contribution >= 0.6 is 0 Å². The molecule has 0 heterocycles. The van der Waals surface area contributed by atoms with E-state index in [0.29, 0.717) is 36.3 Å². The van der Waals surface area contributed by atoms with Crippen molar-refractivity contribution in [1.82, 2.24) is 0 Å². The number of hydrogen-bond donors (Lipinski definition) is 0. The number of nitrogens with zero attached hydrogens (tertiary/aromatic N) is 3. The van der Waals surface area contributed by atoms with Gasteiger partial charge in [-0.15, -0.1) is 41.4 Å². The fourth-order valence-corrected chi connectivity index (χ4v) is 3.54. The standard InChI is InChI=1S/C7H10FSi.3C6H14N.Hf/c1-9(2,8)7-5-3-4-6-7;3*1-5(2)7-6(3)4;/h3-6H,1-2H3;3*5-6H,1-4H3;/q4*-1;+4. The molecule has 0 bridgehead atoms. The van der Waals surface area contributed by atoms with Crippen LogP contribution in [0.25, 0.3) is 16.0 Å². The summed E-state index contributed by atoms with van der Waals surface area (Å²) in [4.78, 5) is 0. The summed E-state index contributed by atoms with van der Waals surface area (Å²) in [5, 5.41) is 13.7. The third kappa shape index (κ3) is 37.9. The van der Waals surface area contributed by atoms with Crippen molar-refractivity contribution in [3.8, 4) is 0 Å². The molecule has 0 aliphatic heterocycles. The summed E-state index contributed by atoms with van der Waals surface area (Å²) in [5.41, 5.74) is 0. The van der Waals surface area contributed by atoms with Crippen molar-refractivity contribution >= 4 is 13.6 Å². The summed E-state index contributed by atoms with van der Waals surface area (Å²) < 4.78 is 13.1. The number of halogens is 1. The largest absolute Gasteiger partial charge is 4.00 e. The molecule has 6 heteroatoms. The number of rotatable bonds is 7. The van der Waals surface area contributed by atoms with Crippen LogP contribution in [0, 0.1) is 0 Å². The van der Waals surface area contributed by atoms with E-state index >= 15 is 0 Å². The molecule has 3 nitrogen and oxygen atoms in total. The molecule has 0 saturated heterocycles. The van der Waals surface area contributed by atoms with Gasteiger partial charge < -0.3 is 20.1 Å². The van der Waals surface area contributed by atoms with Crippen LogP contribution in [0.2, 0.25) is 13.1 Å². The Morgan fingerprint density at radius 3 is 0.806 bits per heavy atom. The van der Waals surface area contributed by atoms with Gasteiger partial charge in [-0.1, -0.05) is 83.1 Å². The van der Waals surface area contributed by atoms with E-state index in [9.17, 15) is 4.11 Å². The minimum absolute atomic E-state index is 0. The van der Waals surface area contributed by atoms with Crippen LogP contribution in [0.4, 0.5) is 4.11 Å². The van der Waals surface area contributed by atoms with Crippen LogP contribution in [0.5, 0.6) is 0 Å². The second-order valence-electron chi connectivity index (χ2n) is 9.66. The van der Waals surface area contributed by atoms with E-state index in [2.05, 4.69) is 99.0 Å². The van der Waals surface area contributed by atoms with Crippen molar-refractivity contribution in [3.05, 3.63) is 40.2 Å². The molecule has 0 aromatic heterocycles. The van der Waals surface area contributed by atoms with Gasteiger partial charge in [0.2, 0.25) is 8.41 Å². The van der Waals surface area contributed by atoms with Gasteiger partial charge in [0.1, 0.15) is 0 Å². The van der Waals surface area contributed by atoms with Gasteiger partial charge in [-0.25, -0.2) is 12.1 Å². The molecule has 0 N–H and O–H groups in total. The monoisotopic (exact) mass is 621 g/mol. The van der Waals surface area contributed by atoms with E-state index in [4.69, 9.17) is 0 Å². The van der Waals surface area contributed by atoms with E-state index in [0.717, 1.165) is 5.19 Å². The summed E-state index contributed by atoms with van der Waals surface area (Å²) in [5.74, 6) is 0. The third-order valence-electron chi connectivity index (χ3n) is 3.14. The smallest absolute Gasteiger partial charge is 0.658 e. The Balaban J connectivity index is -0.000000156. The summed E-state index contributed by atoms with van der Waals surface area (Å²) in [6.45, 7) is 28.6. The third-order valence-corrected chi connectivity index (χ3v) is 4.84. The molecule has 1 aromatic rings. The molecule has 0 amide bonds. The minimum Gasteiger partial charge on any atom is -0.658 e. The summed E-state index contributed by atoms with van der Waals surface area (Å²) in [7, 11) is -2.48. The van der Waals surface area contributed by atoms with Crippen LogP contribution in [0.15, 0.2) is 24.3 Å². The van der Waals surface area contributed by atoms with Gasteiger partial charge in [-0.2, -0.15) is 12.1 Å². The van der Waals surface area contributed by atoms with Gasteiger partial charge in [0.15, 0.2) is 0 Å². The Bertz CT molecular complexity index is 403. The molecule has 0 atom stereocenters. The molecule has 0 aliphatic rings. The number of hydrogen-bond acceptors (Lipinski definition) is 0. The molecule has 1 rings (SSSR count). The first kappa shape index (κ1) is 38.5. The molecule has 0 aliphatic carbocycles. The Morgan fingerprint density at radius 2 is 0.742 bits per heavy atom. The van der Waals surface area contributed by atoms with Crippen molar-refractivity contribution in [1.29, 1.82) is 0 Å². The van der Waals surface area contributed by atoms with Crippen molar-refractivity contribution in [2.75, 3.05) is 0 Å². The van der Waals surface area contributed by atoms with Crippen molar-refractivity contribution < 1.29 is 30.0 Å². The second-order valence-corrected chi connectivity index (χ2v) is 13.2. The fourth-order valence-electron chi connectivity index (χ4n) is 2.56. The van der Waals surface area contributed by atoms with Gasteiger partial charge in [-0.05, 0) is 13.1 Å². The summed E-state index contributed by atoms with van der Waals surface area (Å²) in [6.07, 6.45) is 0. The van der Waals surface area contributed by atoms with E-state index in [1.54, 1.807) is 13.1 Å². The SMILES string of the molecule is CC(C)[N-]C(C)C.CC(C)[N-]C(C)C.CC(C)[N-]C(C)C.C[Si](C)(F)[c-]1cccc1.[Hf+4]. The van der Waals surface area contributed by atoms with Gasteiger partial charge in [0.05, 0.1) is 0 Å². The van der Waals surface area contributed by atoms with Crippen LogP contribution < -0.4 is 5.19 Å². The Hall–Kier alpha value is 0.247. The second kappa shape index (κ2) is 22.1. The van der Waals surface area contributed by atoms with Gasteiger partial charge in [-0.3, -0.25) is 0 Å². The molecule has 0 unspecified atom stereocenters. The molecule has 182 valence electrons. The van der Waals surface area contributed by atoms with E-state index in [-0.39, 0.29) is 25.8 Å². The van der Waals surface area contributed by atoms with Crippen LogP contribution in [0.3, 0.4) is 0 Å². The first-order valence-electron chi connectivity index (χ1n) is 11.5. The van der Waals surface area contributed by atoms with Crippen LogP contribution in [-0.2, 0) is 25.8 Å². The molecule has 0 spiro atoms. The molecule has 0 fully saturated rings. The predicted octanol–water partition coefficient (Wildman–Crippen LogP) is 8.32. The Kier molecular flexibility index (Phi) is 27.4. The van der Waals surface area contributed by atoms with Gasteiger partial charge in [0, 0.05) is 0 Å². The van der Waals surface area contributed by atoms with Crippen molar-refractivity contribution in [2.45, 2.75) is 132 Å². The van der Waals surface area contributed by atoms with Gasteiger partial charge in [0.25, 0.3) is 0 Å².